The number of piperidine rings is 1. The Kier molecular flexibility index (Phi) is 4.95. The fourth-order valence-corrected chi connectivity index (χ4v) is 2.25. The summed E-state index contributed by atoms with van der Waals surface area (Å²) >= 11 is 0. The molecule has 0 aromatic rings. The van der Waals surface area contributed by atoms with Crippen LogP contribution in [0.1, 0.15) is 40.5 Å². The molecule has 0 aromatic carbocycles. The molecule has 0 aromatic heterocycles. The quantitative estimate of drug-likeness (QED) is 0.820. The van der Waals surface area contributed by atoms with Gasteiger partial charge in [-0.05, 0) is 47.1 Å². The van der Waals surface area contributed by atoms with Crippen LogP contribution in [0.2, 0.25) is 0 Å². The second kappa shape index (κ2) is 5.83. The van der Waals surface area contributed by atoms with Gasteiger partial charge in [-0.2, -0.15) is 0 Å². The van der Waals surface area contributed by atoms with Crippen LogP contribution in [-0.2, 0) is 9.53 Å². The zero-order valence-corrected chi connectivity index (χ0v) is 11.4. The molecular weight excluding hydrogens is 218 g/mol. The minimum atomic E-state index is -0.651. The lowest BCUT2D eigenvalue weighted by atomic mass is 9.92. The Labute approximate surface area is 104 Å². The highest BCUT2D eigenvalue weighted by molar-refractivity contribution is 5.70. The molecule has 17 heavy (non-hydrogen) atoms. The van der Waals surface area contributed by atoms with Crippen molar-refractivity contribution in [2.24, 2.45) is 5.92 Å². The van der Waals surface area contributed by atoms with Gasteiger partial charge in [0.1, 0.15) is 0 Å². The van der Waals surface area contributed by atoms with E-state index in [9.17, 15) is 4.79 Å². The Morgan fingerprint density at radius 1 is 1.47 bits per heavy atom. The number of ether oxygens (including phenoxy) is 1. The molecule has 1 aliphatic heterocycles. The summed E-state index contributed by atoms with van der Waals surface area (Å²) in [5, 5.41) is 8.98. The van der Waals surface area contributed by atoms with E-state index in [-0.39, 0.29) is 11.5 Å². The first kappa shape index (κ1) is 14.5. The molecular formula is C13H25NO3. The summed E-state index contributed by atoms with van der Waals surface area (Å²) in [6.07, 6.45) is 1.51. The zero-order valence-electron chi connectivity index (χ0n) is 11.4. The highest BCUT2D eigenvalue weighted by Gasteiger charge is 2.29. The number of carboxylic acids is 1. The topological polar surface area (TPSA) is 49.8 Å². The summed E-state index contributed by atoms with van der Waals surface area (Å²) in [6, 6.07) is 0.341. The summed E-state index contributed by atoms with van der Waals surface area (Å²) in [5.74, 6) is -0.813. The third-order valence-electron chi connectivity index (χ3n) is 3.28. The van der Waals surface area contributed by atoms with E-state index in [0.717, 1.165) is 25.9 Å². The van der Waals surface area contributed by atoms with E-state index in [4.69, 9.17) is 9.84 Å². The maximum Gasteiger partial charge on any atom is 0.306 e. The Bertz CT molecular complexity index is 260. The summed E-state index contributed by atoms with van der Waals surface area (Å²) in [4.78, 5) is 13.2. The largest absolute Gasteiger partial charge is 0.481 e. The minimum absolute atomic E-state index is 0.0946. The van der Waals surface area contributed by atoms with Crippen molar-refractivity contribution in [3.63, 3.8) is 0 Å². The van der Waals surface area contributed by atoms with Gasteiger partial charge in [0.25, 0.3) is 0 Å². The number of rotatable bonds is 4. The Morgan fingerprint density at radius 2 is 2.12 bits per heavy atom. The number of nitrogens with zero attached hydrogens (tertiary/aromatic N) is 1. The van der Waals surface area contributed by atoms with Crippen molar-refractivity contribution in [3.8, 4) is 0 Å². The molecule has 1 heterocycles. The van der Waals surface area contributed by atoms with Gasteiger partial charge in [-0.25, -0.2) is 0 Å². The first-order valence-electron chi connectivity index (χ1n) is 6.40. The molecule has 1 fully saturated rings. The summed E-state index contributed by atoms with van der Waals surface area (Å²) in [7, 11) is 0. The van der Waals surface area contributed by atoms with Crippen molar-refractivity contribution in [1.82, 2.24) is 4.90 Å². The number of hydrogen-bond acceptors (Lipinski definition) is 3. The maximum atomic E-state index is 10.9. The molecule has 4 nitrogen and oxygen atoms in total. The van der Waals surface area contributed by atoms with Gasteiger partial charge in [0.15, 0.2) is 0 Å². The van der Waals surface area contributed by atoms with Gasteiger partial charge in [-0.15, -0.1) is 0 Å². The summed E-state index contributed by atoms with van der Waals surface area (Å²) in [5.41, 5.74) is -0.0946. The number of aliphatic carboxylic acids is 1. The normalized spacial score (nSPS) is 27.1. The van der Waals surface area contributed by atoms with Crippen molar-refractivity contribution < 1.29 is 14.6 Å². The highest BCUT2D eigenvalue weighted by Crippen LogP contribution is 2.22. The number of carbonyl (C=O) groups is 1. The zero-order chi connectivity index (χ0) is 13.1. The van der Waals surface area contributed by atoms with Crippen LogP contribution in [-0.4, -0.2) is 47.3 Å². The van der Waals surface area contributed by atoms with Gasteiger partial charge in [0, 0.05) is 12.6 Å². The van der Waals surface area contributed by atoms with E-state index in [1.54, 1.807) is 0 Å². The standard InChI is InChI=1S/C13H25NO3/c1-10-9-11(12(15)16)5-6-14(10)7-8-17-13(2,3)4/h10-11H,5-9H2,1-4H3,(H,15,16). The summed E-state index contributed by atoms with van der Waals surface area (Å²) in [6.45, 7) is 10.7. The van der Waals surface area contributed by atoms with Gasteiger partial charge < -0.3 is 9.84 Å². The van der Waals surface area contributed by atoms with Gasteiger partial charge in [-0.1, -0.05) is 0 Å². The number of likely N-dealkylation sites (tertiary alicyclic amines) is 1. The molecule has 1 rings (SSSR count). The van der Waals surface area contributed by atoms with Crippen LogP contribution >= 0.6 is 0 Å². The second-order valence-electron chi connectivity index (χ2n) is 5.91. The van der Waals surface area contributed by atoms with E-state index < -0.39 is 5.97 Å². The lowest BCUT2D eigenvalue weighted by Gasteiger charge is -2.36. The molecule has 0 bridgehead atoms. The SMILES string of the molecule is CC1CC(C(=O)O)CCN1CCOC(C)(C)C. The molecule has 0 radical (unpaired) electrons. The van der Waals surface area contributed by atoms with Crippen LogP contribution < -0.4 is 0 Å². The molecule has 1 aliphatic rings. The van der Waals surface area contributed by atoms with Crippen molar-refractivity contribution in [3.05, 3.63) is 0 Å². The molecule has 0 amide bonds. The van der Waals surface area contributed by atoms with Crippen molar-refractivity contribution >= 4 is 5.97 Å². The molecule has 100 valence electrons. The monoisotopic (exact) mass is 243 g/mol. The fraction of sp³-hybridized carbons (Fsp3) is 0.923. The van der Waals surface area contributed by atoms with E-state index in [2.05, 4.69) is 11.8 Å². The van der Waals surface area contributed by atoms with Crippen molar-refractivity contribution in [2.75, 3.05) is 19.7 Å². The van der Waals surface area contributed by atoms with Crippen LogP contribution in [0.5, 0.6) is 0 Å². The highest BCUT2D eigenvalue weighted by atomic mass is 16.5. The molecule has 4 heteroatoms. The second-order valence-corrected chi connectivity index (χ2v) is 5.91. The Balaban J connectivity index is 2.30. The van der Waals surface area contributed by atoms with Crippen LogP contribution in [0.25, 0.3) is 0 Å². The molecule has 0 saturated carbocycles. The lowest BCUT2D eigenvalue weighted by molar-refractivity contribution is -0.144. The third-order valence-corrected chi connectivity index (χ3v) is 3.28. The molecule has 0 aliphatic carbocycles. The fourth-order valence-electron chi connectivity index (χ4n) is 2.25. The van der Waals surface area contributed by atoms with Crippen LogP contribution in [0.3, 0.4) is 0 Å². The first-order chi connectivity index (χ1) is 7.79. The first-order valence-corrected chi connectivity index (χ1v) is 6.40. The smallest absolute Gasteiger partial charge is 0.306 e. The van der Waals surface area contributed by atoms with Crippen molar-refractivity contribution in [2.45, 2.75) is 52.2 Å². The number of hydrogen-bond donors (Lipinski definition) is 1. The lowest BCUT2D eigenvalue weighted by Crippen LogP contribution is -2.44. The van der Waals surface area contributed by atoms with E-state index in [1.807, 2.05) is 20.8 Å². The molecule has 1 saturated heterocycles. The average Bonchev–Trinajstić information content (AvgIpc) is 2.18. The van der Waals surface area contributed by atoms with E-state index >= 15 is 0 Å². The van der Waals surface area contributed by atoms with E-state index in [0.29, 0.717) is 12.6 Å². The maximum absolute atomic E-state index is 10.9. The Hall–Kier alpha value is -0.610. The van der Waals surface area contributed by atoms with Gasteiger partial charge in [-0.3, -0.25) is 9.69 Å². The molecule has 2 unspecified atom stereocenters. The van der Waals surface area contributed by atoms with Crippen LogP contribution in [0.15, 0.2) is 0 Å². The van der Waals surface area contributed by atoms with Gasteiger partial charge in [0.2, 0.25) is 0 Å². The van der Waals surface area contributed by atoms with Gasteiger partial charge >= 0.3 is 5.97 Å². The van der Waals surface area contributed by atoms with Crippen LogP contribution in [0, 0.1) is 5.92 Å². The molecule has 2 atom stereocenters. The summed E-state index contributed by atoms with van der Waals surface area (Å²) < 4.78 is 5.70. The van der Waals surface area contributed by atoms with Crippen molar-refractivity contribution in [1.29, 1.82) is 0 Å². The van der Waals surface area contributed by atoms with Crippen LogP contribution in [0.4, 0.5) is 0 Å². The van der Waals surface area contributed by atoms with Gasteiger partial charge in [0.05, 0.1) is 18.1 Å². The predicted molar refractivity (Wildman–Crippen MR) is 67.1 cm³/mol. The number of carboxylic acid groups (broad SMARTS) is 1. The Morgan fingerprint density at radius 3 is 2.59 bits per heavy atom. The molecule has 0 spiro atoms. The molecule has 1 N–H and O–H groups in total. The van der Waals surface area contributed by atoms with E-state index in [1.165, 1.54) is 0 Å². The third kappa shape index (κ3) is 5.04. The minimum Gasteiger partial charge on any atom is -0.481 e. The predicted octanol–water partition coefficient (Wildman–Crippen LogP) is 1.99. The average molecular weight is 243 g/mol.